The molecule has 1 aromatic heterocycles. The molecule has 0 saturated carbocycles. The van der Waals surface area contributed by atoms with E-state index in [1.54, 1.807) is 0 Å². The number of benzene rings is 9. The first-order valence-electron chi connectivity index (χ1n) is 20.3. The Balaban J connectivity index is 0.945. The molecule has 0 aliphatic heterocycles. The van der Waals surface area contributed by atoms with Crippen molar-refractivity contribution in [2.45, 2.75) is 5.41 Å². The normalized spacial score (nSPS) is 12.8. The van der Waals surface area contributed by atoms with Crippen molar-refractivity contribution in [2.75, 3.05) is 0 Å². The first-order chi connectivity index (χ1) is 29.7. The summed E-state index contributed by atoms with van der Waals surface area (Å²) < 4.78 is 6.65. The monoisotopic (exact) mass is 762 g/mol. The molecule has 60 heavy (non-hydrogen) atoms. The predicted octanol–water partition coefficient (Wildman–Crippen LogP) is 14.4. The molecule has 0 amide bonds. The molecule has 0 N–H and O–H groups in total. The minimum atomic E-state index is -0.379. The standard InChI is InChI=1S/C57H34N2O/c58-35-36-21-23-37(24-22-36)38-25-27-39(28-26-38)43-33-48(40-11-2-1-3-12-40)55-53(34-43)60-56(59-55)42-31-29-41(30-32-42)44-16-10-20-52-54(44)47-15-6-9-19-51(47)57(52)49-17-7-4-13-45(49)46-14-5-8-18-50(46)57/h1-34H. The van der Waals surface area contributed by atoms with Gasteiger partial charge >= 0.3 is 0 Å². The maximum Gasteiger partial charge on any atom is 0.227 e. The summed E-state index contributed by atoms with van der Waals surface area (Å²) in [6.07, 6.45) is 0. The Morgan fingerprint density at radius 1 is 0.383 bits per heavy atom. The van der Waals surface area contributed by atoms with Crippen LogP contribution in [0.25, 0.3) is 89.3 Å². The number of hydrogen-bond donors (Lipinski definition) is 0. The van der Waals surface area contributed by atoms with Gasteiger partial charge in [0.25, 0.3) is 0 Å². The van der Waals surface area contributed by atoms with Gasteiger partial charge in [-0.15, -0.1) is 0 Å². The third kappa shape index (κ3) is 4.98. The zero-order valence-electron chi connectivity index (χ0n) is 32.4. The smallest absolute Gasteiger partial charge is 0.227 e. The maximum absolute atomic E-state index is 9.23. The molecule has 0 unspecified atom stereocenters. The van der Waals surface area contributed by atoms with E-state index in [0.717, 1.165) is 55.6 Å². The highest BCUT2D eigenvalue weighted by atomic mass is 16.3. The van der Waals surface area contributed by atoms with E-state index in [-0.39, 0.29) is 5.41 Å². The van der Waals surface area contributed by atoms with Crippen LogP contribution in [0.5, 0.6) is 0 Å². The molecule has 1 spiro atoms. The van der Waals surface area contributed by atoms with E-state index in [0.29, 0.717) is 11.5 Å². The molecule has 0 bridgehead atoms. The van der Waals surface area contributed by atoms with E-state index in [1.165, 1.54) is 50.1 Å². The van der Waals surface area contributed by atoms with Crippen molar-refractivity contribution in [3.8, 4) is 84.3 Å². The Labute approximate surface area is 348 Å². The van der Waals surface area contributed by atoms with Crippen molar-refractivity contribution in [2.24, 2.45) is 0 Å². The van der Waals surface area contributed by atoms with Crippen LogP contribution in [0.4, 0.5) is 0 Å². The third-order valence-corrected chi connectivity index (χ3v) is 12.6. The van der Waals surface area contributed by atoms with Crippen LogP contribution in [0.15, 0.2) is 211 Å². The SMILES string of the molecule is N#Cc1ccc(-c2ccc(-c3cc(-c4ccccc4)c4nc(-c5ccc(-c6cccc7c6-c6ccccc6C76c7ccccc7-c7ccccc76)cc5)oc4c3)cc2)cc1. The van der Waals surface area contributed by atoms with Crippen LogP contribution in [0.3, 0.4) is 0 Å². The predicted molar refractivity (Wildman–Crippen MR) is 242 cm³/mol. The number of nitriles is 1. The molecule has 10 aromatic rings. The van der Waals surface area contributed by atoms with Gasteiger partial charge in [0.05, 0.1) is 17.0 Å². The first-order valence-corrected chi connectivity index (χ1v) is 20.3. The fraction of sp³-hybridized carbons (Fsp3) is 0.0175. The molecule has 9 aromatic carbocycles. The molecular formula is C57H34N2O. The van der Waals surface area contributed by atoms with Crippen LogP contribution in [-0.2, 0) is 5.41 Å². The molecule has 1 heterocycles. The fourth-order valence-electron chi connectivity index (χ4n) is 9.93. The molecule has 0 fully saturated rings. The topological polar surface area (TPSA) is 49.8 Å². The van der Waals surface area contributed by atoms with Gasteiger partial charge in [0.1, 0.15) is 5.52 Å². The number of fused-ring (bicyclic) bond motifs is 11. The number of oxazole rings is 1. The summed E-state index contributed by atoms with van der Waals surface area (Å²) in [5, 5.41) is 9.23. The molecule has 278 valence electrons. The van der Waals surface area contributed by atoms with Crippen molar-refractivity contribution < 1.29 is 4.42 Å². The summed E-state index contributed by atoms with van der Waals surface area (Å²) in [7, 11) is 0. The van der Waals surface area contributed by atoms with Crippen LogP contribution >= 0.6 is 0 Å². The Morgan fingerprint density at radius 3 is 1.52 bits per heavy atom. The minimum Gasteiger partial charge on any atom is -0.436 e. The Kier molecular flexibility index (Phi) is 7.51. The van der Waals surface area contributed by atoms with Crippen LogP contribution in [0, 0.1) is 11.3 Å². The summed E-state index contributed by atoms with van der Waals surface area (Å²) in [5.74, 6) is 0.587. The first kappa shape index (κ1) is 34.0. The van der Waals surface area contributed by atoms with E-state index < -0.39 is 0 Å². The van der Waals surface area contributed by atoms with Gasteiger partial charge in [-0.05, 0) is 120 Å². The van der Waals surface area contributed by atoms with Crippen LogP contribution in [0.2, 0.25) is 0 Å². The molecule has 3 nitrogen and oxygen atoms in total. The lowest BCUT2D eigenvalue weighted by Gasteiger charge is -2.30. The van der Waals surface area contributed by atoms with Crippen molar-refractivity contribution in [1.82, 2.24) is 4.98 Å². The van der Waals surface area contributed by atoms with Gasteiger partial charge in [-0.3, -0.25) is 0 Å². The molecular weight excluding hydrogens is 729 g/mol. The Bertz CT molecular complexity index is 3310. The fourth-order valence-corrected chi connectivity index (χ4v) is 9.93. The van der Waals surface area contributed by atoms with Crippen molar-refractivity contribution >= 4 is 11.1 Å². The summed E-state index contributed by atoms with van der Waals surface area (Å²) in [6, 6.07) is 75.6. The highest BCUT2D eigenvalue weighted by Crippen LogP contribution is 2.63. The highest BCUT2D eigenvalue weighted by molar-refractivity contribution is 6.00. The summed E-state index contributed by atoms with van der Waals surface area (Å²) in [5.41, 5.74) is 22.1. The van der Waals surface area contributed by atoms with E-state index >= 15 is 0 Å². The van der Waals surface area contributed by atoms with Gasteiger partial charge in [0.15, 0.2) is 5.58 Å². The largest absolute Gasteiger partial charge is 0.436 e. The lowest BCUT2D eigenvalue weighted by Crippen LogP contribution is -2.25. The number of rotatable bonds is 5. The van der Waals surface area contributed by atoms with E-state index in [9.17, 15) is 5.26 Å². The zero-order chi connectivity index (χ0) is 39.8. The lowest BCUT2D eigenvalue weighted by molar-refractivity contribution is 0.620. The highest BCUT2D eigenvalue weighted by Gasteiger charge is 2.51. The van der Waals surface area contributed by atoms with Crippen molar-refractivity contribution in [1.29, 1.82) is 5.26 Å². The molecule has 2 aliphatic carbocycles. The number of aromatic nitrogens is 1. The van der Waals surface area contributed by atoms with Gasteiger partial charge in [-0.2, -0.15) is 5.26 Å². The van der Waals surface area contributed by atoms with E-state index in [4.69, 9.17) is 9.40 Å². The van der Waals surface area contributed by atoms with Gasteiger partial charge in [0, 0.05) is 11.1 Å². The van der Waals surface area contributed by atoms with Gasteiger partial charge in [-0.25, -0.2) is 4.98 Å². The average molecular weight is 763 g/mol. The van der Waals surface area contributed by atoms with Crippen molar-refractivity contribution in [3.05, 3.63) is 234 Å². The molecule has 0 saturated heterocycles. The number of nitrogens with zero attached hydrogens (tertiary/aromatic N) is 2. The van der Waals surface area contributed by atoms with Crippen LogP contribution < -0.4 is 0 Å². The summed E-state index contributed by atoms with van der Waals surface area (Å²) in [4.78, 5) is 5.15. The second kappa shape index (κ2) is 13.2. The molecule has 2 aliphatic rings. The van der Waals surface area contributed by atoms with Gasteiger partial charge in [-0.1, -0.05) is 170 Å². The second-order valence-electron chi connectivity index (χ2n) is 15.7. The molecule has 0 atom stereocenters. The van der Waals surface area contributed by atoms with Crippen LogP contribution in [-0.4, -0.2) is 4.98 Å². The Morgan fingerprint density at radius 2 is 0.867 bits per heavy atom. The maximum atomic E-state index is 9.23. The lowest BCUT2D eigenvalue weighted by atomic mass is 9.70. The van der Waals surface area contributed by atoms with Gasteiger partial charge in [0.2, 0.25) is 5.89 Å². The quantitative estimate of drug-likeness (QED) is 0.175. The minimum absolute atomic E-state index is 0.379. The summed E-state index contributed by atoms with van der Waals surface area (Å²) in [6.45, 7) is 0. The summed E-state index contributed by atoms with van der Waals surface area (Å²) >= 11 is 0. The molecule has 12 rings (SSSR count). The molecule has 3 heteroatoms. The third-order valence-electron chi connectivity index (χ3n) is 12.6. The Hall–Kier alpha value is -8.06. The average Bonchev–Trinajstić information content (AvgIpc) is 3.99. The number of hydrogen-bond acceptors (Lipinski definition) is 3. The van der Waals surface area contributed by atoms with Crippen molar-refractivity contribution in [3.63, 3.8) is 0 Å². The zero-order valence-corrected chi connectivity index (χ0v) is 32.4. The van der Waals surface area contributed by atoms with E-state index in [1.807, 2.05) is 30.3 Å². The molecule has 0 radical (unpaired) electrons. The van der Waals surface area contributed by atoms with Crippen LogP contribution in [0.1, 0.15) is 27.8 Å². The van der Waals surface area contributed by atoms with E-state index in [2.05, 4.69) is 182 Å². The van der Waals surface area contributed by atoms with Gasteiger partial charge < -0.3 is 4.42 Å². The second-order valence-corrected chi connectivity index (χ2v) is 15.7.